The van der Waals surface area contributed by atoms with Gasteiger partial charge in [0, 0.05) is 50.3 Å². The number of nitrogens with one attached hydrogen (secondary N) is 1. The molecule has 0 amide bonds. The van der Waals surface area contributed by atoms with E-state index in [4.69, 9.17) is 9.84 Å². The molecule has 0 bridgehead atoms. The zero-order chi connectivity index (χ0) is 17.2. The van der Waals surface area contributed by atoms with Crippen molar-refractivity contribution in [1.29, 1.82) is 0 Å². The molecule has 24 heavy (non-hydrogen) atoms. The van der Waals surface area contributed by atoms with E-state index in [0.29, 0.717) is 18.4 Å². The van der Waals surface area contributed by atoms with Crippen molar-refractivity contribution in [2.75, 3.05) is 63.3 Å². The molecule has 1 aromatic rings. The van der Waals surface area contributed by atoms with E-state index in [0.717, 1.165) is 50.8 Å². The summed E-state index contributed by atoms with van der Waals surface area (Å²) < 4.78 is 5.52. The minimum atomic E-state index is 0.0665. The lowest BCUT2D eigenvalue weighted by atomic mass is 9.99. The summed E-state index contributed by atoms with van der Waals surface area (Å²) in [5.41, 5.74) is 1.15. The van der Waals surface area contributed by atoms with Crippen LogP contribution in [0.5, 0.6) is 0 Å². The third kappa shape index (κ3) is 3.79. The lowest BCUT2D eigenvalue weighted by molar-refractivity contribution is 0.138. The van der Waals surface area contributed by atoms with Crippen LogP contribution < -0.4 is 10.2 Å². The third-order valence-corrected chi connectivity index (χ3v) is 5.12. The van der Waals surface area contributed by atoms with Crippen LogP contribution in [0.2, 0.25) is 0 Å². The molecule has 0 radical (unpaired) electrons. The summed E-state index contributed by atoms with van der Waals surface area (Å²) in [5, 5.41) is 12.2. The molecule has 3 rings (SSSR count). The van der Waals surface area contributed by atoms with Crippen LogP contribution in [0.1, 0.15) is 31.9 Å². The highest BCUT2D eigenvalue weighted by atomic mass is 16.5. The summed E-state index contributed by atoms with van der Waals surface area (Å²) in [6.07, 6.45) is 1.00. The maximum Gasteiger partial charge on any atom is 0.224 e. The maximum atomic E-state index is 9.07. The van der Waals surface area contributed by atoms with Gasteiger partial charge in [-0.15, -0.1) is 0 Å². The number of ether oxygens (including phenoxy) is 1. The van der Waals surface area contributed by atoms with E-state index in [1.54, 1.807) is 0 Å². The molecule has 0 unspecified atom stereocenters. The first-order valence-corrected chi connectivity index (χ1v) is 8.77. The maximum absolute atomic E-state index is 9.07. The van der Waals surface area contributed by atoms with Gasteiger partial charge < -0.3 is 20.1 Å². The molecule has 2 fully saturated rings. The monoisotopic (exact) mass is 335 g/mol. The first-order valence-electron chi connectivity index (χ1n) is 8.77. The minimum Gasteiger partial charge on any atom is -0.395 e. The molecule has 2 saturated heterocycles. The third-order valence-electron chi connectivity index (χ3n) is 5.12. The van der Waals surface area contributed by atoms with Gasteiger partial charge in [-0.3, -0.25) is 4.90 Å². The van der Waals surface area contributed by atoms with E-state index in [2.05, 4.69) is 52.0 Å². The molecule has 0 saturated carbocycles. The van der Waals surface area contributed by atoms with Gasteiger partial charge in [-0.1, -0.05) is 0 Å². The van der Waals surface area contributed by atoms with Crippen LogP contribution >= 0.6 is 0 Å². The molecule has 2 N–H and O–H groups in total. The van der Waals surface area contributed by atoms with Crippen molar-refractivity contribution in [3.63, 3.8) is 0 Å². The second-order valence-corrected chi connectivity index (χ2v) is 7.34. The molecule has 2 aliphatic rings. The number of nitrogens with zero attached hydrogens (tertiary/aromatic N) is 4. The van der Waals surface area contributed by atoms with Crippen LogP contribution in [-0.2, 0) is 4.74 Å². The fraction of sp³-hybridized carbons (Fsp3) is 0.765. The number of aromatic nitrogens is 2. The van der Waals surface area contributed by atoms with Gasteiger partial charge in [0.2, 0.25) is 5.95 Å². The van der Waals surface area contributed by atoms with Gasteiger partial charge in [0.25, 0.3) is 0 Å². The number of hydrogen-bond donors (Lipinski definition) is 2. The molecular weight excluding hydrogens is 306 g/mol. The molecule has 1 atom stereocenters. The molecular formula is C17H29N5O2. The predicted octanol–water partition coefficient (Wildman–Crippen LogP) is 0.915. The summed E-state index contributed by atoms with van der Waals surface area (Å²) in [4.78, 5) is 14.1. The fourth-order valence-corrected chi connectivity index (χ4v) is 3.27. The van der Waals surface area contributed by atoms with Crippen molar-refractivity contribution in [3.05, 3.63) is 11.8 Å². The fourth-order valence-electron chi connectivity index (χ4n) is 3.27. The summed E-state index contributed by atoms with van der Waals surface area (Å²) in [5.74, 6) is 1.90. The Balaban J connectivity index is 1.86. The summed E-state index contributed by atoms with van der Waals surface area (Å²) in [7, 11) is 2.17. The molecule has 1 aromatic heterocycles. The second-order valence-electron chi connectivity index (χ2n) is 7.34. The number of aliphatic hydroxyl groups excluding tert-OH is 1. The zero-order valence-corrected chi connectivity index (χ0v) is 15.0. The van der Waals surface area contributed by atoms with Crippen molar-refractivity contribution in [3.8, 4) is 0 Å². The predicted molar refractivity (Wildman–Crippen MR) is 94.7 cm³/mol. The van der Waals surface area contributed by atoms with Crippen molar-refractivity contribution < 1.29 is 9.84 Å². The van der Waals surface area contributed by atoms with E-state index in [9.17, 15) is 0 Å². The molecule has 0 aliphatic carbocycles. The number of aliphatic hydroxyl groups is 1. The largest absolute Gasteiger partial charge is 0.395 e. The number of anilines is 2. The van der Waals surface area contributed by atoms with Gasteiger partial charge in [-0.25, -0.2) is 4.98 Å². The normalized spacial score (nSPS) is 24.3. The van der Waals surface area contributed by atoms with Gasteiger partial charge in [0.15, 0.2) is 0 Å². The van der Waals surface area contributed by atoms with Crippen LogP contribution in [0.15, 0.2) is 6.07 Å². The van der Waals surface area contributed by atoms with Crippen LogP contribution in [0, 0.1) is 0 Å². The summed E-state index contributed by atoms with van der Waals surface area (Å²) >= 11 is 0. The lowest BCUT2D eigenvalue weighted by Crippen LogP contribution is -2.58. The Labute approximate surface area is 144 Å². The Kier molecular flexibility index (Phi) is 5.22. The smallest absolute Gasteiger partial charge is 0.224 e. The molecule has 3 heterocycles. The SMILES string of the molecule is CN1CCN(c2cc([C@H]3CCOC3)nc(NCCO)n2)CC1(C)C. The molecule has 2 aliphatic heterocycles. The minimum absolute atomic E-state index is 0.0665. The van der Waals surface area contributed by atoms with Crippen LogP contribution in [0.3, 0.4) is 0 Å². The van der Waals surface area contributed by atoms with E-state index >= 15 is 0 Å². The molecule has 0 spiro atoms. The van der Waals surface area contributed by atoms with E-state index in [-0.39, 0.29) is 12.1 Å². The number of hydrogen-bond acceptors (Lipinski definition) is 7. The van der Waals surface area contributed by atoms with Crippen LogP contribution in [-0.4, -0.2) is 78.6 Å². The quantitative estimate of drug-likeness (QED) is 0.829. The Morgan fingerprint density at radius 3 is 2.88 bits per heavy atom. The summed E-state index contributed by atoms with van der Waals surface area (Å²) in [6, 6.07) is 2.12. The van der Waals surface area contributed by atoms with Crippen molar-refractivity contribution >= 4 is 11.8 Å². The van der Waals surface area contributed by atoms with Gasteiger partial charge in [-0.2, -0.15) is 4.98 Å². The number of likely N-dealkylation sites (N-methyl/N-ethyl adjacent to an activating group) is 1. The van der Waals surface area contributed by atoms with Gasteiger partial charge in [-0.05, 0) is 27.3 Å². The Hall–Kier alpha value is -1.44. The van der Waals surface area contributed by atoms with Crippen molar-refractivity contribution in [1.82, 2.24) is 14.9 Å². The summed E-state index contributed by atoms with van der Waals surface area (Å²) in [6.45, 7) is 9.47. The standard InChI is InChI=1S/C17H29N5O2/c1-17(2)12-22(7-6-21(17)3)15-10-14(13-4-9-24-11-13)19-16(20-15)18-5-8-23/h10,13,23H,4-9,11-12H2,1-3H3,(H,18,19,20)/t13-/m0/s1. The average Bonchev–Trinajstić information content (AvgIpc) is 3.09. The first-order chi connectivity index (χ1) is 11.5. The second kappa shape index (κ2) is 7.21. The Bertz CT molecular complexity index is 560. The lowest BCUT2D eigenvalue weighted by Gasteiger charge is -2.45. The number of piperazine rings is 1. The topological polar surface area (TPSA) is 73.8 Å². The number of rotatable bonds is 5. The van der Waals surface area contributed by atoms with E-state index in [1.165, 1.54) is 0 Å². The molecule has 7 heteroatoms. The Morgan fingerprint density at radius 2 is 2.21 bits per heavy atom. The zero-order valence-electron chi connectivity index (χ0n) is 15.0. The average molecular weight is 335 g/mol. The van der Waals surface area contributed by atoms with Gasteiger partial charge >= 0.3 is 0 Å². The van der Waals surface area contributed by atoms with E-state index < -0.39 is 0 Å². The van der Waals surface area contributed by atoms with E-state index in [1.807, 2.05) is 0 Å². The van der Waals surface area contributed by atoms with Crippen LogP contribution in [0.4, 0.5) is 11.8 Å². The highest BCUT2D eigenvalue weighted by Gasteiger charge is 2.32. The highest BCUT2D eigenvalue weighted by Crippen LogP contribution is 2.29. The van der Waals surface area contributed by atoms with Gasteiger partial charge in [0.05, 0.1) is 18.9 Å². The van der Waals surface area contributed by atoms with Gasteiger partial charge in [0.1, 0.15) is 5.82 Å². The highest BCUT2D eigenvalue weighted by molar-refractivity contribution is 5.47. The van der Waals surface area contributed by atoms with Crippen LogP contribution in [0.25, 0.3) is 0 Å². The molecule has 0 aromatic carbocycles. The molecule has 7 nitrogen and oxygen atoms in total. The Morgan fingerprint density at radius 1 is 1.38 bits per heavy atom. The van der Waals surface area contributed by atoms with Crippen molar-refractivity contribution in [2.45, 2.75) is 31.7 Å². The molecule has 134 valence electrons. The first kappa shape index (κ1) is 17.4. The van der Waals surface area contributed by atoms with Crippen molar-refractivity contribution in [2.24, 2.45) is 0 Å².